The quantitative estimate of drug-likeness (QED) is 0.761. The number of carbonyl (C=O) groups excluding carboxylic acids is 1. The Labute approximate surface area is 163 Å². The molecule has 1 aromatic carbocycles. The van der Waals surface area contributed by atoms with Crippen molar-refractivity contribution in [2.45, 2.75) is 32.2 Å². The summed E-state index contributed by atoms with van der Waals surface area (Å²) < 4.78 is 47.2. The van der Waals surface area contributed by atoms with E-state index in [4.69, 9.17) is 4.74 Å². The van der Waals surface area contributed by atoms with Crippen molar-refractivity contribution in [3.63, 3.8) is 0 Å². The predicted molar refractivity (Wildman–Crippen MR) is 99.6 cm³/mol. The summed E-state index contributed by atoms with van der Waals surface area (Å²) in [6, 6.07) is 1.42. The van der Waals surface area contributed by atoms with Crippen molar-refractivity contribution in [2.75, 3.05) is 37.2 Å². The number of nitrogens with zero attached hydrogens (tertiary/aromatic N) is 2. The highest BCUT2D eigenvalue weighted by molar-refractivity contribution is 7.92. The van der Waals surface area contributed by atoms with Crippen LogP contribution in [0.4, 0.5) is 10.1 Å². The van der Waals surface area contributed by atoms with Crippen molar-refractivity contribution in [1.29, 1.82) is 0 Å². The van der Waals surface area contributed by atoms with E-state index in [1.54, 1.807) is 4.72 Å². The van der Waals surface area contributed by atoms with E-state index < -0.39 is 39.9 Å². The summed E-state index contributed by atoms with van der Waals surface area (Å²) in [6.45, 7) is 2.99. The molecule has 0 saturated carbocycles. The molecule has 3 heterocycles. The van der Waals surface area contributed by atoms with Crippen molar-refractivity contribution in [2.24, 2.45) is 5.92 Å². The summed E-state index contributed by atoms with van der Waals surface area (Å²) in [4.78, 5) is 13.6. The number of hydrogen-bond acceptors (Lipinski definition) is 6. The first-order valence-corrected chi connectivity index (χ1v) is 11.0. The lowest BCUT2D eigenvalue weighted by Gasteiger charge is -2.32. The normalized spacial score (nSPS) is 22.9. The standard InChI is InChI=1S/C18H24FN3O5S/c19-17-14-10-21(5-1-12-3-7-27-8-4-12)6-2-13(14)9-15(23)18(17)22-11-16(24)20-28(22,25)26/h9,12,23H,1-8,10-11H2,(H,20,24). The van der Waals surface area contributed by atoms with Gasteiger partial charge in [0.15, 0.2) is 5.82 Å². The van der Waals surface area contributed by atoms with Crippen LogP contribution in [0.2, 0.25) is 0 Å². The van der Waals surface area contributed by atoms with E-state index in [1.807, 2.05) is 0 Å². The van der Waals surface area contributed by atoms with Crippen LogP contribution in [0, 0.1) is 11.7 Å². The topological polar surface area (TPSA) is 99.2 Å². The SMILES string of the molecule is O=C1CN(c2c(O)cc3c(c2F)CN(CCC2CCOCC2)CC3)S(=O)(=O)N1. The van der Waals surface area contributed by atoms with Crippen LogP contribution in [0.3, 0.4) is 0 Å². The molecule has 3 aliphatic heterocycles. The van der Waals surface area contributed by atoms with Crippen LogP contribution in [-0.4, -0.2) is 57.2 Å². The Morgan fingerprint density at radius 3 is 2.71 bits per heavy atom. The Morgan fingerprint density at radius 2 is 2.04 bits per heavy atom. The molecule has 0 spiro atoms. The number of halogens is 1. The molecule has 3 aliphatic rings. The maximum absolute atomic E-state index is 15.3. The minimum absolute atomic E-state index is 0.354. The average molecular weight is 413 g/mol. The Bertz CT molecular complexity index is 886. The molecule has 0 unspecified atom stereocenters. The minimum Gasteiger partial charge on any atom is -0.506 e. The third kappa shape index (κ3) is 3.68. The van der Waals surface area contributed by atoms with E-state index >= 15 is 4.39 Å². The molecular weight excluding hydrogens is 389 g/mol. The smallest absolute Gasteiger partial charge is 0.326 e. The van der Waals surface area contributed by atoms with Crippen LogP contribution < -0.4 is 9.03 Å². The Hall–Kier alpha value is -1.91. The number of fused-ring (bicyclic) bond motifs is 1. The molecule has 28 heavy (non-hydrogen) atoms. The molecule has 0 aromatic heterocycles. The molecular formula is C18H24FN3O5S. The molecule has 1 amide bonds. The number of phenolic OH excluding ortho intramolecular Hbond substituents is 1. The highest BCUT2D eigenvalue weighted by Crippen LogP contribution is 2.39. The summed E-state index contributed by atoms with van der Waals surface area (Å²) in [5, 5.41) is 10.3. The van der Waals surface area contributed by atoms with Gasteiger partial charge in [0.25, 0.3) is 5.91 Å². The lowest BCUT2D eigenvalue weighted by molar-refractivity contribution is -0.117. The number of phenols is 1. The summed E-state index contributed by atoms with van der Waals surface area (Å²) in [7, 11) is -4.19. The maximum atomic E-state index is 15.3. The van der Waals surface area contributed by atoms with Gasteiger partial charge >= 0.3 is 10.2 Å². The number of benzene rings is 1. The second kappa shape index (κ2) is 7.49. The Morgan fingerprint density at radius 1 is 1.29 bits per heavy atom. The van der Waals surface area contributed by atoms with Crippen molar-refractivity contribution >= 4 is 21.8 Å². The third-order valence-electron chi connectivity index (χ3n) is 5.76. The highest BCUT2D eigenvalue weighted by atomic mass is 32.2. The molecule has 0 aliphatic carbocycles. The van der Waals surface area contributed by atoms with Gasteiger partial charge < -0.3 is 9.84 Å². The first-order chi connectivity index (χ1) is 13.3. The maximum Gasteiger partial charge on any atom is 0.326 e. The Balaban J connectivity index is 1.55. The number of aromatic hydroxyl groups is 1. The summed E-state index contributed by atoms with van der Waals surface area (Å²) >= 11 is 0. The first kappa shape index (κ1) is 19.4. The van der Waals surface area contributed by atoms with Crippen LogP contribution in [0.25, 0.3) is 0 Å². The fourth-order valence-electron chi connectivity index (χ4n) is 4.17. The zero-order chi connectivity index (χ0) is 19.9. The van der Waals surface area contributed by atoms with Crippen molar-refractivity contribution < 1.29 is 27.4 Å². The van der Waals surface area contributed by atoms with Crippen LogP contribution in [-0.2, 0) is 32.7 Å². The van der Waals surface area contributed by atoms with E-state index in [2.05, 4.69) is 4.90 Å². The molecule has 0 atom stereocenters. The zero-order valence-electron chi connectivity index (χ0n) is 15.5. The molecule has 2 fully saturated rings. The van der Waals surface area contributed by atoms with E-state index in [0.29, 0.717) is 34.3 Å². The number of nitrogens with one attached hydrogen (secondary N) is 1. The summed E-state index contributed by atoms with van der Waals surface area (Å²) in [5.74, 6) is -1.38. The van der Waals surface area contributed by atoms with Gasteiger partial charge in [0, 0.05) is 31.9 Å². The molecule has 10 heteroatoms. The molecule has 2 saturated heterocycles. The lowest BCUT2D eigenvalue weighted by atomic mass is 9.94. The Kier molecular flexibility index (Phi) is 5.19. The zero-order valence-corrected chi connectivity index (χ0v) is 16.3. The lowest BCUT2D eigenvalue weighted by Crippen LogP contribution is -2.35. The molecule has 0 radical (unpaired) electrons. The number of ether oxygens (including phenoxy) is 1. The van der Waals surface area contributed by atoms with Gasteiger partial charge in [0.05, 0.1) is 0 Å². The van der Waals surface area contributed by atoms with Crippen LogP contribution >= 0.6 is 0 Å². The predicted octanol–water partition coefficient (Wildman–Crippen LogP) is 0.887. The van der Waals surface area contributed by atoms with Gasteiger partial charge in [-0.15, -0.1) is 0 Å². The minimum atomic E-state index is -4.19. The van der Waals surface area contributed by atoms with E-state index in [-0.39, 0.29) is 0 Å². The number of carbonyl (C=O) groups is 1. The van der Waals surface area contributed by atoms with Crippen LogP contribution in [0.5, 0.6) is 5.75 Å². The monoisotopic (exact) mass is 413 g/mol. The second-order valence-electron chi connectivity index (χ2n) is 7.60. The molecule has 8 nitrogen and oxygen atoms in total. The van der Waals surface area contributed by atoms with Gasteiger partial charge in [-0.05, 0) is 49.8 Å². The van der Waals surface area contributed by atoms with Crippen molar-refractivity contribution in [1.82, 2.24) is 9.62 Å². The fourth-order valence-corrected chi connectivity index (χ4v) is 5.33. The third-order valence-corrected chi connectivity index (χ3v) is 7.13. The highest BCUT2D eigenvalue weighted by Gasteiger charge is 2.39. The van der Waals surface area contributed by atoms with Gasteiger partial charge in [0.2, 0.25) is 0 Å². The fraction of sp³-hybridized carbons (Fsp3) is 0.611. The van der Waals surface area contributed by atoms with E-state index in [1.165, 1.54) is 6.07 Å². The number of anilines is 1. The van der Waals surface area contributed by atoms with Gasteiger partial charge in [-0.2, -0.15) is 8.42 Å². The van der Waals surface area contributed by atoms with Gasteiger partial charge in [-0.25, -0.2) is 13.4 Å². The largest absolute Gasteiger partial charge is 0.506 e. The van der Waals surface area contributed by atoms with Gasteiger partial charge in [-0.3, -0.25) is 9.69 Å². The molecule has 1 aromatic rings. The number of rotatable bonds is 4. The van der Waals surface area contributed by atoms with E-state index in [9.17, 15) is 18.3 Å². The summed E-state index contributed by atoms with van der Waals surface area (Å²) in [5.41, 5.74) is 0.612. The van der Waals surface area contributed by atoms with E-state index in [0.717, 1.165) is 45.6 Å². The second-order valence-corrected chi connectivity index (χ2v) is 9.20. The summed E-state index contributed by atoms with van der Waals surface area (Å²) in [6.07, 6.45) is 3.69. The average Bonchev–Trinajstić information content (AvgIpc) is 2.93. The van der Waals surface area contributed by atoms with Crippen molar-refractivity contribution in [3.8, 4) is 5.75 Å². The molecule has 0 bridgehead atoms. The van der Waals surface area contributed by atoms with Gasteiger partial charge in [0.1, 0.15) is 18.0 Å². The number of hydrogen-bond donors (Lipinski definition) is 2. The number of amides is 1. The van der Waals surface area contributed by atoms with Crippen LogP contribution in [0.15, 0.2) is 6.07 Å². The van der Waals surface area contributed by atoms with Crippen molar-refractivity contribution in [3.05, 3.63) is 23.0 Å². The molecule has 4 rings (SSSR count). The first-order valence-electron chi connectivity index (χ1n) is 9.52. The van der Waals surface area contributed by atoms with Gasteiger partial charge in [-0.1, -0.05) is 0 Å². The molecule has 2 N–H and O–H groups in total. The molecule has 154 valence electrons. The van der Waals surface area contributed by atoms with Crippen LogP contribution in [0.1, 0.15) is 30.4 Å².